The summed E-state index contributed by atoms with van der Waals surface area (Å²) >= 11 is 0. The van der Waals surface area contributed by atoms with E-state index in [-0.39, 0.29) is 23.1 Å². The molecule has 1 atom stereocenters. The average molecular weight is 265 g/mol. The molecule has 19 heavy (non-hydrogen) atoms. The van der Waals surface area contributed by atoms with Crippen molar-refractivity contribution in [3.8, 4) is 5.75 Å². The second-order valence-electron chi connectivity index (χ2n) is 7.15. The summed E-state index contributed by atoms with van der Waals surface area (Å²) in [7, 11) is 0. The smallest absolute Gasteiger partial charge is 0.121 e. The van der Waals surface area contributed by atoms with Crippen LogP contribution in [0.3, 0.4) is 0 Å². The number of nitrogens with two attached hydrogens (primary N) is 1. The van der Waals surface area contributed by atoms with E-state index in [0.717, 1.165) is 12.0 Å². The van der Waals surface area contributed by atoms with Gasteiger partial charge in [-0.25, -0.2) is 0 Å². The number of aliphatic hydroxyl groups excluding tert-OH is 1. The second kappa shape index (κ2) is 5.51. The molecule has 0 amide bonds. The molecule has 0 fully saturated rings. The summed E-state index contributed by atoms with van der Waals surface area (Å²) in [6, 6.07) is 5.44. The Bertz CT molecular complexity index is 433. The molecule has 0 heterocycles. The summed E-state index contributed by atoms with van der Waals surface area (Å²) in [6.07, 6.45) is 0.202. The fourth-order valence-corrected chi connectivity index (χ4v) is 2.80. The van der Waals surface area contributed by atoms with Crippen molar-refractivity contribution in [2.45, 2.75) is 52.6 Å². The topological polar surface area (TPSA) is 66.5 Å². The minimum atomic E-state index is -0.814. The van der Waals surface area contributed by atoms with Crippen molar-refractivity contribution >= 4 is 0 Å². The molecule has 4 N–H and O–H groups in total. The van der Waals surface area contributed by atoms with Crippen LogP contribution in [0.15, 0.2) is 18.2 Å². The molecule has 108 valence electrons. The fourth-order valence-electron chi connectivity index (χ4n) is 2.80. The third-order valence-corrected chi connectivity index (χ3v) is 3.36. The van der Waals surface area contributed by atoms with Gasteiger partial charge in [-0.3, -0.25) is 0 Å². The summed E-state index contributed by atoms with van der Waals surface area (Å²) < 4.78 is 0. The first-order valence-electron chi connectivity index (χ1n) is 6.78. The lowest BCUT2D eigenvalue weighted by atomic mass is 9.72. The first kappa shape index (κ1) is 16.0. The Labute approximate surface area is 116 Å². The molecule has 1 rings (SSSR count). The van der Waals surface area contributed by atoms with Crippen LogP contribution in [0, 0.1) is 5.41 Å². The quantitative estimate of drug-likeness (QED) is 0.783. The van der Waals surface area contributed by atoms with Crippen molar-refractivity contribution < 1.29 is 10.2 Å². The predicted molar refractivity (Wildman–Crippen MR) is 79.2 cm³/mol. The molecule has 0 saturated heterocycles. The highest BCUT2D eigenvalue weighted by Crippen LogP contribution is 2.38. The van der Waals surface area contributed by atoms with Crippen LogP contribution in [-0.2, 0) is 5.41 Å². The van der Waals surface area contributed by atoms with Gasteiger partial charge in [0, 0.05) is 12.1 Å². The maximum Gasteiger partial charge on any atom is 0.121 e. The van der Waals surface area contributed by atoms with Crippen molar-refractivity contribution in [1.29, 1.82) is 0 Å². The average Bonchev–Trinajstić information content (AvgIpc) is 2.25. The van der Waals surface area contributed by atoms with E-state index in [2.05, 4.69) is 34.6 Å². The second-order valence-corrected chi connectivity index (χ2v) is 7.15. The predicted octanol–water partition coefficient (Wildman–Crippen LogP) is 3.10. The first-order chi connectivity index (χ1) is 8.57. The summed E-state index contributed by atoms with van der Waals surface area (Å²) in [5.41, 5.74) is 7.30. The maximum atomic E-state index is 9.85. The highest BCUT2D eigenvalue weighted by atomic mass is 16.3. The molecule has 0 aliphatic heterocycles. The molecule has 0 bridgehead atoms. The van der Waals surface area contributed by atoms with Gasteiger partial charge in [0.25, 0.3) is 0 Å². The lowest BCUT2D eigenvalue weighted by Gasteiger charge is -2.33. The Morgan fingerprint density at radius 1 is 1.16 bits per heavy atom. The van der Waals surface area contributed by atoms with Crippen molar-refractivity contribution in [3.05, 3.63) is 29.3 Å². The molecule has 1 aromatic rings. The lowest BCUT2D eigenvalue weighted by molar-refractivity contribution is 0.182. The van der Waals surface area contributed by atoms with Crippen molar-refractivity contribution in [1.82, 2.24) is 0 Å². The molecule has 0 aliphatic carbocycles. The molecule has 1 aromatic carbocycles. The van der Waals surface area contributed by atoms with Crippen LogP contribution in [0.5, 0.6) is 5.75 Å². The highest BCUT2D eigenvalue weighted by molar-refractivity contribution is 5.40. The van der Waals surface area contributed by atoms with Gasteiger partial charge < -0.3 is 15.9 Å². The Morgan fingerprint density at radius 2 is 1.74 bits per heavy atom. The van der Waals surface area contributed by atoms with Crippen LogP contribution in [0.4, 0.5) is 0 Å². The van der Waals surface area contributed by atoms with E-state index in [4.69, 9.17) is 5.73 Å². The summed E-state index contributed by atoms with van der Waals surface area (Å²) in [4.78, 5) is 0. The van der Waals surface area contributed by atoms with Crippen molar-refractivity contribution in [3.63, 3.8) is 0 Å². The van der Waals surface area contributed by atoms with Crippen LogP contribution in [0.2, 0.25) is 0 Å². The molecular formula is C16H27NO2. The van der Waals surface area contributed by atoms with Gasteiger partial charge in [0.2, 0.25) is 0 Å². The van der Waals surface area contributed by atoms with Gasteiger partial charge in [-0.05, 0) is 34.9 Å². The van der Waals surface area contributed by atoms with E-state index in [1.165, 1.54) is 0 Å². The van der Waals surface area contributed by atoms with E-state index < -0.39 is 6.10 Å². The number of benzene rings is 1. The van der Waals surface area contributed by atoms with Gasteiger partial charge in [0.15, 0.2) is 0 Å². The summed E-state index contributed by atoms with van der Waals surface area (Å²) in [5, 5.41) is 19.7. The number of phenols is 1. The SMILES string of the molecule is CC(C)(C)CC(C)(C)c1ccc(O)c(C(O)CN)c1. The molecule has 0 spiro atoms. The number of rotatable bonds is 4. The van der Waals surface area contributed by atoms with E-state index in [9.17, 15) is 10.2 Å². The Hall–Kier alpha value is -1.06. The van der Waals surface area contributed by atoms with Gasteiger partial charge >= 0.3 is 0 Å². The lowest BCUT2D eigenvalue weighted by Crippen LogP contribution is -2.25. The largest absolute Gasteiger partial charge is 0.508 e. The number of phenolic OH excluding ortho intramolecular Hbond substituents is 1. The fraction of sp³-hybridized carbons (Fsp3) is 0.625. The van der Waals surface area contributed by atoms with Crippen LogP contribution in [0.1, 0.15) is 58.3 Å². The zero-order valence-corrected chi connectivity index (χ0v) is 12.7. The van der Waals surface area contributed by atoms with E-state index in [0.29, 0.717) is 5.56 Å². The number of aromatic hydroxyl groups is 1. The number of aliphatic hydroxyl groups is 1. The molecule has 0 aromatic heterocycles. The van der Waals surface area contributed by atoms with E-state index in [1.807, 2.05) is 12.1 Å². The standard InChI is InChI=1S/C16H27NO2/c1-15(2,3)10-16(4,5)11-6-7-13(18)12(8-11)14(19)9-17/h6-8,14,18-19H,9-10,17H2,1-5H3. The zero-order chi connectivity index (χ0) is 14.8. The van der Waals surface area contributed by atoms with Gasteiger partial charge in [0.1, 0.15) is 5.75 Å². The molecule has 0 aliphatic rings. The number of hydrogen-bond acceptors (Lipinski definition) is 3. The first-order valence-corrected chi connectivity index (χ1v) is 6.78. The zero-order valence-electron chi connectivity index (χ0n) is 12.7. The van der Waals surface area contributed by atoms with Crippen LogP contribution in [0.25, 0.3) is 0 Å². The minimum Gasteiger partial charge on any atom is -0.508 e. The Balaban J connectivity index is 3.14. The van der Waals surface area contributed by atoms with E-state index in [1.54, 1.807) is 6.07 Å². The molecular weight excluding hydrogens is 238 g/mol. The molecule has 3 nitrogen and oxygen atoms in total. The number of hydrogen-bond donors (Lipinski definition) is 3. The highest BCUT2D eigenvalue weighted by Gasteiger charge is 2.28. The third-order valence-electron chi connectivity index (χ3n) is 3.36. The Morgan fingerprint density at radius 3 is 2.21 bits per heavy atom. The van der Waals surface area contributed by atoms with Crippen molar-refractivity contribution in [2.24, 2.45) is 11.1 Å². The molecule has 3 heteroatoms. The third kappa shape index (κ3) is 4.22. The van der Waals surface area contributed by atoms with Crippen LogP contribution in [-0.4, -0.2) is 16.8 Å². The molecule has 0 radical (unpaired) electrons. The Kier molecular flexibility index (Phi) is 4.64. The van der Waals surface area contributed by atoms with E-state index >= 15 is 0 Å². The monoisotopic (exact) mass is 265 g/mol. The van der Waals surface area contributed by atoms with Gasteiger partial charge in [-0.2, -0.15) is 0 Å². The minimum absolute atomic E-state index is 0.0188. The summed E-state index contributed by atoms with van der Waals surface area (Å²) in [6.45, 7) is 11.1. The molecule has 0 saturated carbocycles. The normalized spacial score (nSPS) is 14.5. The van der Waals surface area contributed by atoms with Gasteiger partial charge in [-0.1, -0.05) is 40.7 Å². The van der Waals surface area contributed by atoms with Crippen molar-refractivity contribution in [2.75, 3.05) is 6.54 Å². The van der Waals surface area contributed by atoms with Crippen LogP contribution < -0.4 is 5.73 Å². The summed E-state index contributed by atoms with van der Waals surface area (Å²) in [5.74, 6) is 0.105. The van der Waals surface area contributed by atoms with Gasteiger partial charge in [0.05, 0.1) is 6.10 Å². The van der Waals surface area contributed by atoms with Gasteiger partial charge in [-0.15, -0.1) is 0 Å². The maximum absolute atomic E-state index is 9.85. The van der Waals surface area contributed by atoms with Crippen LogP contribution >= 0.6 is 0 Å². The molecule has 1 unspecified atom stereocenters.